The van der Waals surface area contributed by atoms with Crippen LogP contribution in [0.1, 0.15) is 33.1 Å². The van der Waals surface area contributed by atoms with E-state index in [0.717, 1.165) is 4.47 Å². The summed E-state index contributed by atoms with van der Waals surface area (Å²) in [7, 11) is 0. The number of benzene rings is 1. The molecule has 1 amide bonds. The second-order valence-corrected chi connectivity index (χ2v) is 7.63. The summed E-state index contributed by atoms with van der Waals surface area (Å²) in [6.45, 7) is 3.83. The van der Waals surface area contributed by atoms with Crippen molar-refractivity contribution in [1.82, 2.24) is 5.43 Å². The second kappa shape index (κ2) is 7.45. The van der Waals surface area contributed by atoms with Crippen molar-refractivity contribution >= 4 is 44.9 Å². The lowest BCUT2D eigenvalue weighted by atomic mass is 9.76. The summed E-state index contributed by atoms with van der Waals surface area (Å²) in [5.74, 6) is 0.172. The van der Waals surface area contributed by atoms with Gasteiger partial charge in [0, 0.05) is 23.0 Å². The van der Waals surface area contributed by atoms with E-state index in [1.54, 1.807) is 18.2 Å². The van der Waals surface area contributed by atoms with Gasteiger partial charge in [0.25, 0.3) is 5.91 Å². The largest absolute Gasteiger partial charge is 0.482 e. The molecule has 0 heterocycles. The standard InChI is InChI=1S/C16H18BrClN2O3/c1-16(2)7-11(6-12(21)8-16)19-20-15(22)9-23-14-4-3-10(17)5-13(14)18/h3-5H,6-9H2,1-2H3,(H,20,22). The number of carbonyl (C=O) groups is 2. The Labute approximate surface area is 148 Å². The number of carbonyl (C=O) groups excluding carboxylic acids is 2. The number of hydrazone groups is 1. The Bertz CT molecular complexity index is 659. The number of hydrogen-bond donors (Lipinski definition) is 1. The van der Waals surface area contributed by atoms with Crippen LogP contribution in [-0.4, -0.2) is 24.0 Å². The highest BCUT2D eigenvalue weighted by atomic mass is 79.9. The van der Waals surface area contributed by atoms with Gasteiger partial charge in [0.05, 0.1) is 5.02 Å². The molecule has 5 nitrogen and oxygen atoms in total. The van der Waals surface area contributed by atoms with Crippen LogP contribution >= 0.6 is 27.5 Å². The van der Waals surface area contributed by atoms with Crippen molar-refractivity contribution in [2.75, 3.05) is 6.61 Å². The lowest BCUT2D eigenvalue weighted by Gasteiger charge is -2.28. The zero-order chi connectivity index (χ0) is 17.0. The van der Waals surface area contributed by atoms with E-state index in [4.69, 9.17) is 16.3 Å². The first-order valence-corrected chi connectivity index (χ1v) is 8.36. The summed E-state index contributed by atoms with van der Waals surface area (Å²) in [5, 5.41) is 4.47. The highest BCUT2D eigenvalue weighted by Gasteiger charge is 2.30. The van der Waals surface area contributed by atoms with Crippen LogP contribution in [0, 0.1) is 5.41 Å². The monoisotopic (exact) mass is 400 g/mol. The van der Waals surface area contributed by atoms with E-state index in [2.05, 4.69) is 26.5 Å². The molecule has 1 fully saturated rings. The van der Waals surface area contributed by atoms with Gasteiger partial charge in [-0.25, -0.2) is 5.43 Å². The topological polar surface area (TPSA) is 67.8 Å². The highest BCUT2D eigenvalue weighted by Crippen LogP contribution is 2.31. The minimum Gasteiger partial charge on any atom is -0.482 e. The molecule has 0 unspecified atom stereocenters. The Kier molecular flexibility index (Phi) is 5.81. The van der Waals surface area contributed by atoms with Crippen molar-refractivity contribution in [2.45, 2.75) is 33.1 Å². The molecule has 124 valence electrons. The Hall–Kier alpha value is -1.40. The van der Waals surface area contributed by atoms with E-state index < -0.39 is 5.91 Å². The van der Waals surface area contributed by atoms with Gasteiger partial charge in [-0.2, -0.15) is 5.10 Å². The molecule has 1 aromatic rings. The summed E-state index contributed by atoms with van der Waals surface area (Å²) in [5.41, 5.74) is 3.02. The Balaban J connectivity index is 1.87. The van der Waals surface area contributed by atoms with Gasteiger partial charge in [0.15, 0.2) is 6.61 Å². The smallest absolute Gasteiger partial charge is 0.277 e. The van der Waals surface area contributed by atoms with E-state index in [1.807, 2.05) is 13.8 Å². The van der Waals surface area contributed by atoms with Crippen LogP contribution in [0.3, 0.4) is 0 Å². The highest BCUT2D eigenvalue weighted by molar-refractivity contribution is 9.10. The van der Waals surface area contributed by atoms with Crippen molar-refractivity contribution in [1.29, 1.82) is 0 Å². The molecular formula is C16H18BrClN2O3. The molecule has 0 aliphatic heterocycles. The molecule has 0 aromatic heterocycles. The average Bonchev–Trinajstić information content (AvgIpc) is 2.42. The Morgan fingerprint density at radius 1 is 1.43 bits per heavy atom. The van der Waals surface area contributed by atoms with Crippen molar-refractivity contribution in [3.63, 3.8) is 0 Å². The second-order valence-electron chi connectivity index (χ2n) is 6.31. The molecule has 0 spiro atoms. The third-order valence-corrected chi connectivity index (χ3v) is 4.14. The summed E-state index contributed by atoms with van der Waals surface area (Å²) >= 11 is 9.30. The molecule has 1 saturated carbocycles. The predicted molar refractivity (Wildman–Crippen MR) is 92.9 cm³/mol. The van der Waals surface area contributed by atoms with Crippen LogP contribution in [0.15, 0.2) is 27.8 Å². The van der Waals surface area contributed by atoms with E-state index in [-0.39, 0.29) is 17.8 Å². The van der Waals surface area contributed by atoms with Crippen LogP contribution < -0.4 is 10.2 Å². The number of hydrogen-bond acceptors (Lipinski definition) is 4. The molecule has 1 aromatic carbocycles. The summed E-state index contributed by atoms with van der Waals surface area (Å²) in [4.78, 5) is 23.5. The third kappa shape index (κ3) is 5.62. The first-order chi connectivity index (χ1) is 10.7. The number of nitrogens with zero attached hydrogens (tertiary/aromatic N) is 1. The molecule has 0 bridgehead atoms. The van der Waals surface area contributed by atoms with Crippen molar-refractivity contribution in [3.8, 4) is 5.75 Å². The minimum atomic E-state index is -0.396. The van der Waals surface area contributed by atoms with E-state index in [1.165, 1.54) is 0 Å². The fourth-order valence-electron chi connectivity index (χ4n) is 2.49. The van der Waals surface area contributed by atoms with Gasteiger partial charge in [0.1, 0.15) is 11.5 Å². The van der Waals surface area contributed by atoms with Crippen LogP contribution in [0.4, 0.5) is 0 Å². The normalized spacial score (nSPS) is 18.8. The van der Waals surface area contributed by atoms with Gasteiger partial charge in [-0.1, -0.05) is 41.4 Å². The van der Waals surface area contributed by atoms with Gasteiger partial charge in [0.2, 0.25) is 0 Å². The van der Waals surface area contributed by atoms with Crippen LogP contribution in [0.5, 0.6) is 5.75 Å². The molecule has 1 aliphatic carbocycles. The zero-order valence-electron chi connectivity index (χ0n) is 13.0. The molecule has 0 saturated heterocycles. The molecule has 0 radical (unpaired) electrons. The number of halogens is 2. The fraction of sp³-hybridized carbons (Fsp3) is 0.438. The average molecular weight is 402 g/mol. The Morgan fingerprint density at radius 3 is 2.83 bits per heavy atom. The lowest BCUT2D eigenvalue weighted by molar-refractivity contribution is -0.123. The van der Waals surface area contributed by atoms with E-state index >= 15 is 0 Å². The first kappa shape index (κ1) is 17.9. The van der Waals surface area contributed by atoms with Gasteiger partial charge in [-0.15, -0.1) is 0 Å². The summed E-state index contributed by atoms with van der Waals surface area (Å²) in [6.07, 6.45) is 1.53. The number of Topliss-reactive ketones (excluding diaryl/α,β-unsaturated/α-hetero) is 1. The van der Waals surface area contributed by atoms with Crippen LogP contribution in [0.2, 0.25) is 5.02 Å². The molecule has 1 N–H and O–H groups in total. The SMILES string of the molecule is CC1(C)CC(=O)CC(=NNC(=O)COc2ccc(Br)cc2Cl)C1. The maximum absolute atomic E-state index is 11.8. The zero-order valence-corrected chi connectivity index (χ0v) is 15.3. The van der Waals surface area contributed by atoms with Crippen LogP contribution in [0.25, 0.3) is 0 Å². The van der Waals surface area contributed by atoms with E-state index in [9.17, 15) is 9.59 Å². The molecule has 2 rings (SSSR count). The number of nitrogens with one attached hydrogen (secondary N) is 1. The first-order valence-electron chi connectivity index (χ1n) is 7.19. The van der Waals surface area contributed by atoms with Crippen LogP contribution in [-0.2, 0) is 9.59 Å². The summed E-state index contributed by atoms with van der Waals surface area (Å²) < 4.78 is 6.18. The van der Waals surface area contributed by atoms with Crippen molar-refractivity contribution < 1.29 is 14.3 Å². The number of ketones is 1. The molecule has 7 heteroatoms. The quantitative estimate of drug-likeness (QED) is 0.782. The number of ether oxygens (including phenoxy) is 1. The molecule has 0 atom stereocenters. The Morgan fingerprint density at radius 2 is 2.17 bits per heavy atom. The lowest BCUT2D eigenvalue weighted by Crippen LogP contribution is -2.32. The number of rotatable bonds is 4. The number of amides is 1. The molecular weight excluding hydrogens is 384 g/mol. The third-order valence-electron chi connectivity index (χ3n) is 3.35. The molecule has 23 heavy (non-hydrogen) atoms. The maximum atomic E-state index is 11.8. The van der Waals surface area contributed by atoms with Gasteiger partial charge in [-0.3, -0.25) is 9.59 Å². The van der Waals surface area contributed by atoms with Crippen molar-refractivity contribution in [3.05, 3.63) is 27.7 Å². The predicted octanol–water partition coefficient (Wildman–Crippen LogP) is 3.73. The van der Waals surface area contributed by atoms with Crippen molar-refractivity contribution in [2.24, 2.45) is 10.5 Å². The molecule has 1 aliphatic rings. The maximum Gasteiger partial charge on any atom is 0.277 e. The summed E-state index contributed by atoms with van der Waals surface area (Å²) in [6, 6.07) is 5.13. The van der Waals surface area contributed by atoms with Gasteiger partial charge in [-0.05, 0) is 30.0 Å². The fourth-order valence-corrected chi connectivity index (χ4v) is 3.22. The van der Waals surface area contributed by atoms with Gasteiger partial charge < -0.3 is 4.74 Å². The minimum absolute atomic E-state index is 0.111. The van der Waals surface area contributed by atoms with Gasteiger partial charge >= 0.3 is 0 Å². The van der Waals surface area contributed by atoms with E-state index in [0.29, 0.717) is 35.7 Å².